The summed E-state index contributed by atoms with van der Waals surface area (Å²) in [6.07, 6.45) is 0. The standard InChI is InChI=1S/C20H16INO3S/c1-2-25-20(24)17-16(13-6-4-3-5-7-13)12-26-19(17)22-18(23)14-8-10-15(21)11-9-14/h3-12H,2H2,1H3,(H,22,23). The van der Waals surface area contributed by atoms with E-state index >= 15 is 0 Å². The van der Waals surface area contributed by atoms with Gasteiger partial charge in [-0.2, -0.15) is 0 Å². The predicted octanol–water partition coefficient (Wildman–Crippen LogP) is 5.45. The summed E-state index contributed by atoms with van der Waals surface area (Å²) in [5.41, 5.74) is 2.59. The lowest BCUT2D eigenvalue weighted by molar-refractivity contribution is 0.0529. The monoisotopic (exact) mass is 477 g/mol. The molecule has 0 saturated carbocycles. The highest BCUT2D eigenvalue weighted by Gasteiger charge is 2.23. The molecule has 6 heteroatoms. The van der Waals surface area contributed by atoms with Crippen LogP contribution in [0, 0.1) is 3.57 Å². The van der Waals surface area contributed by atoms with Gasteiger partial charge in [0.05, 0.1) is 6.61 Å². The second-order valence-corrected chi connectivity index (χ2v) is 7.53. The largest absolute Gasteiger partial charge is 0.462 e. The number of rotatable bonds is 5. The number of esters is 1. The Morgan fingerprint density at radius 1 is 1.08 bits per heavy atom. The number of hydrogen-bond acceptors (Lipinski definition) is 4. The van der Waals surface area contributed by atoms with E-state index in [0.717, 1.165) is 14.7 Å². The third kappa shape index (κ3) is 4.13. The number of benzene rings is 2. The average Bonchev–Trinajstić information content (AvgIpc) is 3.07. The quantitative estimate of drug-likeness (QED) is 0.393. The number of halogens is 1. The van der Waals surface area contributed by atoms with E-state index in [1.807, 2.05) is 47.8 Å². The van der Waals surface area contributed by atoms with Crippen LogP contribution in [0.5, 0.6) is 0 Å². The molecule has 1 amide bonds. The highest BCUT2D eigenvalue weighted by Crippen LogP contribution is 2.36. The van der Waals surface area contributed by atoms with E-state index < -0.39 is 5.97 Å². The molecule has 26 heavy (non-hydrogen) atoms. The highest BCUT2D eigenvalue weighted by molar-refractivity contribution is 14.1. The van der Waals surface area contributed by atoms with Crippen LogP contribution < -0.4 is 5.32 Å². The molecule has 0 atom stereocenters. The van der Waals surface area contributed by atoms with Gasteiger partial charge in [-0.15, -0.1) is 11.3 Å². The summed E-state index contributed by atoms with van der Waals surface area (Å²) in [5, 5.41) is 5.21. The zero-order chi connectivity index (χ0) is 18.5. The first kappa shape index (κ1) is 18.6. The van der Waals surface area contributed by atoms with Crippen molar-refractivity contribution in [2.24, 2.45) is 0 Å². The van der Waals surface area contributed by atoms with Gasteiger partial charge in [-0.25, -0.2) is 4.79 Å². The molecular formula is C20H16INO3S. The SMILES string of the molecule is CCOC(=O)c1c(-c2ccccc2)csc1NC(=O)c1ccc(I)cc1. The third-order valence-corrected chi connectivity index (χ3v) is 5.30. The fraction of sp³-hybridized carbons (Fsp3) is 0.100. The summed E-state index contributed by atoms with van der Waals surface area (Å²) < 4.78 is 6.26. The van der Waals surface area contributed by atoms with Crippen LogP contribution in [0.25, 0.3) is 11.1 Å². The van der Waals surface area contributed by atoms with E-state index in [2.05, 4.69) is 27.9 Å². The van der Waals surface area contributed by atoms with E-state index in [4.69, 9.17) is 4.74 Å². The zero-order valence-corrected chi connectivity index (χ0v) is 17.0. The maximum atomic E-state index is 12.5. The first-order valence-corrected chi connectivity index (χ1v) is 9.97. The van der Waals surface area contributed by atoms with Crippen molar-refractivity contribution in [3.05, 3.63) is 74.7 Å². The molecule has 0 saturated heterocycles. The lowest BCUT2D eigenvalue weighted by Gasteiger charge is -2.09. The molecule has 0 bridgehead atoms. The normalized spacial score (nSPS) is 10.4. The van der Waals surface area contributed by atoms with Crippen molar-refractivity contribution in [1.82, 2.24) is 0 Å². The minimum Gasteiger partial charge on any atom is -0.462 e. The Bertz CT molecular complexity index is 920. The Hall–Kier alpha value is -2.19. The third-order valence-electron chi connectivity index (χ3n) is 3.69. The molecule has 1 aromatic heterocycles. The van der Waals surface area contributed by atoms with Gasteiger partial charge in [0.25, 0.3) is 5.91 Å². The van der Waals surface area contributed by atoms with Crippen molar-refractivity contribution in [2.45, 2.75) is 6.92 Å². The molecule has 3 rings (SSSR count). The molecule has 0 spiro atoms. The van der Waals surface area contributed by atoms with Gasteiger partial charge >= 0.3 is 5.97 Å². The Balaban J connectivity index is 1.96. The molecule has 2 aromatic carbocycles. The lowest BCUT2D eigenvalue weighted by atomic mass is 10.0. The average molecular weight is 477 g/mol. The molecule has 132 valence electrons. The minimum absolute atomic E-state index is 0.256. The van der Waals surface area contributed by atoms with Crippen molar-refractivity contribution in [2.75, 3.05) is 11.9 Å². The number of carbonyl (C=O) groups is 2. The van der Waals surface area contributed by atoms with Crippen molar-refractivity contribution >= 4 is 50.8 Å². The maximum absolute atomic E-state index is 12.5. The molecule has 4 nitrogen and oxygen atoms in total. The lowest BCUT2D eigenvalue weighted by Crippen LogP contribution is -2.14. The molecule has 1 heterocycles. The van der Waals surface area contributed by atoms with Crippen molar-refractivity contribution in [1.29, 1.82) is 0 Å². The number of hydrogen-bond donors (Lipinski definition) is 1. The van der Waals surface area contributed by atoms with Crippen molar-refractivity contribution in [3.63, 3.8) is 0 Å². The second kappa shape index (κ2) is 8.46. The first-order valence-electron chi connectivity index (χ1n) is 8.01. The molecule has 0 unspecified atom stereocenters. The molecule has 0 aliphatic heterocycles. The van der Waals surface area contributed by atoms with Gasteiger partial charge in [0.1, 0.15) is 10.6 Å². The Morgan fingerprint density at radius 2 is 1.77 bits per heavy atom. The molecule has 0 aliphatic rings. The predicted molar refractivity (Wildman–Crippen MR) is 113 cm³/mol. The fourth-order valence-corrected chi connectivity index (χ4v) is 3.77. The molecule has 3 aromatic rings. The molecule has 0 aliphatic carbocycles. The van der Waals surface area contributed by atoms with Crippen LogP contribution in [0.4, 0.5) is 5.00 Å². The Kier molecular flexibility index (Phi) is 6.05. The number of nitrogens with one attached hydrogen (secondary N) is 1. The van der Waals surface area contributed by atoms with Crippen LogP contribution in [-0.2, 0) is 4.74 Å². The van der Waals surface area contributed by atoms with E-state index in [9.17, 15) is 9.59 Å². The minimum atomic E-state index is -0.439. The number of ether oxygens (including phenoxy) is 1. The molecule has 1 N–H and O–H groups in total. The van der Waals surface area contributed by atoms with Crippen LogP contribution in [0.2, 0.25) is 0 Å². The van der Waals surface area contributed by atoms with Crippen molar-refractivity contribution < 1.29 is 14.3 Å². The first-order chi connectivity index (χ1) is 12.6. The molecular weight excluding hydrogens is 461 g/mol. The Morgan fingerprint density at radius 3 is 2.42 bits per heavy atom. The number of anilines is 1. The van der Waals surface area contributed by atoms with Crippen LogP contribution >= 0.6 is 33.9 Å². The van der Waals surface area contributed by atoms with E-state index in [1.54, 1.807) is 19.1 Å². The maximum Gasteiger partial charge on any atom is 0.341 e. The van der Waals surface area contributed by atoms with Crippen molar-refractivity contribution in [3.8, 4) is 11.1 Å². The number of carbonyl (C=O) groups excluding carboxylic acids is 2. The van der Waals surface area contributed by atoms with Gasteiger partial charge < -0.3 is 10.1 Å². The summed E-state index contributed by atoms with van der Waals surface area (Å²) in [6, 6.07) is 16.8. The summed E-state index contributed by atoms with van der Waals surface area (Å²) in [6.45, 7) is 2.03. The van der Waals surface area contributed by atoms with E-state index in [1.165, 1.54) is 11.3 Å². The molecule has 0 radical (unpaired) electrons. The smallest absolute Gasteiger partial charge is 0.341 e. The fourth-order valence-electron chi connectivity index (χ4n) is 2.46. The van der Waals surface area contributed by atoms with Gasteiger partial charge in [-0.1, -0.05) is 30.3 Å². The topological polar surface area (TPSA) is 55.4 Å². The number of amides is 1. The summed E-state index contributed by atoms with van der Waals surface area (Å²) in [7, 11) is 0. The van der Waals surface area contributed by atoms with Crippen LogP contribution in [0.3, 0.4) is 0 Å². The van der Waals surface area contributed by atoms with Gasteiger partial charge in [0, 0.05) is 20.1 Å². The van der Waals surface area contributed by atoms with Crippen LogP contribution in [-0.4, -0.2) is 18.5 Å². The zero-order valence-electron chi connectivity index (χ0n) is 14.0. The highest BCUT2D eigenvalue weighted by atomic mass is 127. The van der Waals surface area contributed by atoms with Gasteiger partial charge in [-0.3, -0.25) is 4.79 Å². The number of thiophene rings is 1. The van der Waals surface area contributed by atoms with E-state index in [0.29, 0.717) is 16.1 Å². The van der Waals surface area contributed by atoms with Gasteiger partial charge in [0.15, 0.2) is 0 Å². The second-order valence-electron chi connectivity index (χ2n) is 5.40. The summed E-state index contributed by atoms with van der Waals surface area (Å²) >= 11 is 3.50. The Labute approximate surface area is 169 Å². The van der Waals surface area contributed by atoms with Gasteiger partial charge in [-0.05, 0) is 59.3 Å². The van der Waals surface area contributed by atoms with Crippen LogP contribution in [0.1, 0.15) is 27.6 Å². The molecule has 0 fully saturated rings. The van der Waals surface area contributed by atoms with E-state index in [-0.39, 0.29) is 12.5 Å². The summed E-state index contributed by atoms with van der Waals surface area (Å²) in [4.78, 5) is 25.1. The summed E-state index contributed by atoms with van der Waals surface area (Å²) in [5.74, 6) is -0.695. The van der Waals surface area contributed by atoms with Crippen LogP contribution in [0.15, 0.2) is 60.0 Å². The van der Waals surface area contributed by atoms with Gasteiger partial charge in [0.2, 0.25) is 0 Å².